The molecule has 2 rings (SSSR count). The van der Waals surface area contributed by atoms with Crippen molar-refractivity contribution in [2.75, 3.05) is 0 Å². The second kappa shape index (κ2) is 4.83. The van der Waals surface area contributed by atoms with Crippen molar-refractivity contribution >= 4 is 5.97 Å². The van der Waals surface area contributed by atoms with Crippen LogP contribution in [0.4, 0.5) is 0 Å². The van der Waals surface area contributed by atoms with Gasteiger partial charge in [0, 0.05) is 12.5 Å². The topological polar surface area (TPSA) is 88.2 Å². The number of aromatic nitrogens is 3. The van der Waals surface area contributed by atoms with Gasteiger partial charge in [0.2, 0.25) is 0 Å². The van der Waals surface area contributed by atoms with E-state index in [1.54, 1.807) is 11.6 Å². The number of aromatic carboxylic acids is 1. The Morgan fingerprint density at radius 1 is 1.59 bits per heavy atom. The second-order valence-electron chi connectivity index (χ2n) is 4.62. The Balaban J connectivity index is 2.08. The third-order valence-corrected chi connectivity index (χ3v) is 2.93. The molecule has 6 nitrogen and oxygen atoms in total. The van der Waals surface area contributed by atoms with Gasteiger partial charge >= 0.3 is 5.97 Å². The van der Waals surface area contributed by atoms with E-state index < -0.39 is 5.97 Å². The van der Waals surface area contributed by atoms with Gasteiger partial charge in [0.1, 0.15) is 0 Å². The molecule has 0 amide bonds. The molecule has 1 atom stereocenters. The zero-order valence-corrected chi connectivity index (χ0v) is 9.83. The van der Waals surface area contributed by atoms with Crippen molar-refractivity contribution in [1.82, 2.24) is 15.0 Å². The number of carboxylic acid groups (broad SMARTS) is 1. The summed E-state index contributed by atoms with van der Waals surface area (Å²) in [4.78, 5) is 11.0. The van der Waals surface area contributed by atoms with Gasteiger partial charge in [0.05, 0.1) is 11.8 Å². The Labute approximate surface area is 99.3 Å². The van der Waals surface area contributed by atoms with Gasteiger partial charge in [0.25, 0.3) is 0 Å². The van der Waals surface area contributed by atoms with Crippen LogP contribution in [0.2, 0.25) is 0 Å². The third-order valence-electron chi connectivity index (χ3n) is 2.93. The first kappa shape index (κ1) is 12.0. The van der Waals surface area contributed by atoms with Crippen molar-refractivity contribution < 1.29 is 15.0 Å². The molecule has 1 aromatic rings. The van der Waals surface area contributed by atoms with E-state index >= 15 is 0 Å². The Hall–Kier alpha value is -1.43. The van der Waals surface area contributed by atoms with Crippen LogP contribution >= 0.6 is 0 Å². The van der Waals surface area contributed by atoms with Gasteiger partial charge in [0.15, 0.2) is 5.69 Å². The first-order chi connectivity index (χ1) is 8.09. The minimum absolute atomic E-state index is 0.0875. The van der Waals surface area contributed by atoms with Crippen LogP contribution in [0.5, 0.6) is 0 Å². The molecule has 1 aliphatic carbocycles. The van der Waals surface area contributed by atoms with Crippen molar-refractivity contribution in [2.45, 2.75) is 51.2 Å². The molecule has 17 heavy (non-hydrogen) atoms. The summed E-state index contributed by atoms with van der Waals surface area (Å²) in [7, 11) is 0. The molecule has 1 saturated carbocycles. The molecule has 1 aliphatic rings. The number of aliphatic hydroxyl groups is 1. The number of rotatable bonds is 6. The largest absolute Gasteiger partial charge is 0.476 e. The van der Waals surface area contributed by atoms with Crippen LogP contribution in [0.25, 0.3) is 0 Å². The van der Waals surface area contributed by atoms with E-state index in [0.29, 0.717) is 18.9 Å². The molecule has 0 aromatic carbocycles. The molecule has 0 aliphatic heterocycles. The summed E-state index contributed by atoms with van der Waals surface area (Å²) < 4.78 is 1.68. The predicted molar refractivity (Wildman–Crippen MR) is 59.9 cm³/mol. The fourth-order valence-corrected chi connectivity index (χ4v) is 1.94. The number of hydrogen-bond donors (Lipinski definition) is 2. The number of carbonyl (C=O) groups is 1. The first-order valence-corrected chi connectivity index (χ1v) is 5.94. The fraction of sp³-hybridized carbons (Fsp3) is 0.727. The van der Waals surface area contributed by atoms with Crippen LogP contribution in [0.15, 0.2) is 0 Å². The van der Waals surface area contributed by atoms with Crippen molar-refractivity contribution in [3.8, 4) is 0 Å². The molecule has 94 valence electrons. The average molecular weight is 239 g/mol. The minimum atomic E-state index is -1.01. The third kappa shape index (κ3) is 2.82. The van der Waals surface area contributed by atoms with Gasteiger partial charge in [-0.15, -0.1) is 5.10 Å². The highest BCUT2D eigenvalue weighted by atomic mass is 16.4. The van der Waals surface area contributed by atoms with E-state index in [2.05, 4.69) is 10.3 Å². The first-order valence-electron chi connectivity index (χ1n) is 5.94. The number of carboxylic acids is 1. The zero-order valence-electron chi connectivity index (χ0n) is 9.83. The van der Waals surface area contributed by atoms with E-state index in [1.807, 2.05) is 0 Å². The lowest BCUT2D eigenvalue weighted by molar-refractivity contribution is 0.0689. The van der Waals surface area contributed by atoms with Crippen molar-refractivity contribution in [3.05, 3.63) is 11.4 Å². The van der Waals surface area contributed by atoms with Crippen LogP contribution in [-0.4, -0.2) is 37.3 Å². The number of aryl methyl sites for hydroxylation is 1. The molecule has 0 spiro atoms. The molecule has 1 aromatic heterocycles. The minimum Gasteiger partial charge on any atom is -0.476 e. The van der Waals surface area contributed by atoms with Gasteiger partial charge < -0.3 is 10.2 Å². The molecule has 0 saturated heterocycles. The van der Waals surface area contributed by atoms with E-state index in [4.69, 9.17) is 5.11 Å². The van der Waals surface area contributed by atoms with Crippen molar-refractivity contribution in [3.63, 3.8) is 0 Å². The smallest absolute Gasteiger partial charge is 0.358 e. The monoisotopic (exact) mass is 239 g/mol. The van der Waals surface area contributed by atoms with E-state index in [-0.39, 0.29) is 11.8 Å². The van der Waals surface area contributed by atoms with Gasteiger partial charge in [-0.3, -0.25) is 0 Å². The summed E-state index contributed by atoms with van der Waals surface area (Å²) in [5, 5.41) is 25.8. The molecule has 1 heterocycles. The average Bonchev–Trinajstić information content (AvgIpc) is 2.99. The van der Waals surface area contributed by atoms with Crippen molar-refractivity contribution in [1.29, 1.82) is 0 Å². The summed E-state index contributed by atoms with van der Waals surface area (Å²) >= 11 is 0. The lowest BCUT2D eigenvalue weighted by Crippen LogP contribution is -2.09. The quantitative estimate of drug-likeness (QED) is 0.773. The molecule has 0 bridgehead atoms. The Kier molecular flexibility index (Phi) is 3.42. The summed E-state index contributed by atoms with van der Waals surface area (Å²) in [5.41, 5.74) is 0.840. The normalized spacial score (nSPS) is 17.1. The lowest BCUT2D eigenvalue weighted by Gasteiger charge is -2.07. The van der Waals surface area contributed by atoms with E-state index in [1.165, 1.54) is 0 Å². The molecule has 1 fully saturated rings. The van der Waals surface area contributed by atoms with Crippen LogP contribution in [0, 0.1) is 0 Å². The summed E-state index contributed by atoms with van der Waals surface area (Å²) in [6.45, 7) is 2.36. The van der Waals surface area contributed by atoms with Gasteiger partial charge in [-0.1, -0.05) is 5.21 Å². The molecule has 0 radical (unpaired) electrons. The Morgan fingerprint density at radius 2 is 2.29 bits per heavy atom. The highest BCUT2D eigenvalue weighted by molar-refractivity contribution is 5.86. The molecule has 1 unspecified atom stereocenters. The maximum Gasteiger partial charge on any atom is 0.358 e. The van der Waals surface area contributed by atoms with Gasteiger partial charge in [-0.05, 0) is 32.6 Å². The highest BCUT2D eigenvalue weighted by Gasteiger charge is 2.33. The number of nitrogens with zero attached hydrogens (tertiary/aromatic N) is 3. The van der Waals surface area contributed by atoms with E-state index in [0.717, 1.165) is 25.0 Å². The number of aliphatic hydroxyl groups excluding tert-OH is 1. The van der Waals surface area contributed by atoms with Gasteiger partial charge in [-0.25, -0.2) is 9.48 Å². The predicted octanol–water partition coefficient (Wildman–Crippen LogP) is 1.01. The molecule has 2 N–H and O–H groups in total. The van der Waals surface area contributed by atoms with E-state index in [9.17, 15) is 9.90 Å². The van der Waals surface area contributed by atoms with Crippen LogP contribution in [-0.2, 0) is 6.54 Å². The maximum atomic E-state index is 11.0. The fourth-order valence-electron chi connectivity index (χ4n) is 1.94. The van der Waals surface area contributed by atoms with Crippen molar-refractivity contribution in [2.24, 2.45) is 0 Å². The van der Waals surface area contributed by atoms with Crippen LogP contribution in [0.1, 0.15) is 54.7 Å². The SMILES string of the molecule is CC(O)CCCn1nnc(C(=O)O)c1C1CC1. The summed E-state index contributed by atoms with van der Waals surface area (Å²) in [5.74, 6) is -0.698. The molecular weight excluding hydrogens is 222 g/mol. The maximum absolute atomic E-state index is 11.0. The molecule has 6 heteroatoms. The van der Waals surface area contributed by atoms with Crippen LogP contribution in [0.3, 0.4) is 0 Å². The zero-order chi connectivity index (χ0) is 12.4. The summed E-state index contributed by atoms with van der Waals surface area (Å²) in [6.07, 6.45) is 3.17. The van der Waals surface area contributed by atoms with Crippen LogP contribution < -0.4 is 0 Å². The number of hydrogen-bond acceptors (Lipinski definition) is 4. The Morgan fingerprint density at radius 3 is 2.82 bits per heavy atom. The second-order valence-corrected chi connectivity index (χ2v) is 4.62. The highest BCUT2D eigenvalue weighted by Crippen LogP contribution is 2.41. The summed E-state index contributed by atoms with van der Waals surface area (Å²) in [6, 6.07) is 0. The standard InChI is InChI=1S/C11H17N3O3/c1-7(15)3-2-6-14-10(8-4-5-8)9(11(16)17)12-13-14/h7-8,15H,2-6H2,1H3,(H,16,17). The lowest BCUT2D eigenvalue weighted by atomic mass is 10.2. The van der Waals surface area contributed by atoms with Gasteiger partial charge in [-0.2, -0.15) is 0 Å². The molecular formula is C11H17N3O3. The Bertz CT molecular complexity index is 410.